The van der Waals surface area contributed by atoms with Crippen LogP contribution in [0.5, 0.6) is 0 Å². The SMILES string of the molecule is O=C(NC(=S)Nc1ccc2nn(-c3cccc4ccccc34)nc2c1)c1ccccc1Cl. The number of rotatable bonds is 3. The summed E-state index contributed by atoms with van der Waals surface area (Å²) in [4.78, 5) is 14.0. The topological polar surface area (TPSA) is 71.8 Å². The van der Waals surface area contributed by atoms with Gasteiger partial charge in [0.05, 0.1) is 16.3 Å². The highest BCUT2D eigenvalue weighted by molar-refractivity contribution is 7.80. The third-order valence-corrected chi connectivity index (χ3v) is 5.50. The number of hydrogen-bond acceptors (Lipinski definition) is 4. The Hall–Kier alpha value is -3.81. The fourth-order valence-corrected chi connectivity index (χ4v) is 3.89. The van der Waals surface area contributed by atoms with Gasteiger partial charge in [0.15, 0.2) is 5.11 Å². The van der Waals surface area contributed by atoms with E-state index in [0.29, 0.717) is 21.8 Å². The van der Waals surface area contributed by atoms with Crippen molar-refractivity contribution in [1.82, 2.24) is 20.3 Å². The summed E-state index contributed by atoms with van der Waals surface area (Å²) in [6.45, 7) is 0. The summed E-state index contributed by atoms with van der Waals surface area (Å²) in [6, 6.07) is 26.4. The van der Waals surface area contributed by atoms with Crippen molar-refractivity contribution in [1.29, 1.82) is 0 Å². The normalized spacial score (nSPS) is 10.9. The zero-order chi connectivity index (χ0) is 22.1. The number of fused-ring (bicyclic) bond motifs is 2. The number of benzene rings is 4. The van der Waals surface area contributed by atoms with Gasteiger partial charge in [-0.25, -0.2) is 0 Å². The molecule has 1 heterocycles. The molecule has 0 aliphatic heterocycles. The molecule has 0 aliphatic carbocycles. The maximum absolute atomic E-state index is 12.4. The summed E-state index contributed by atoms with van der Waals surface area (Å²) in [5, 5.41) is 17.6. The molecule has 8 heteroatoms. The molecule has 156 valence electrons. The van der Waals surface area contributed by atoms with E-state index in [1.165, 1.54) is 0 Å². The Morgan fingerprint density at radius 1 is 0.875 bits per heavy atom. The third-order valence-electron chi connectivity index (χ3n) is 4.97. The molecule has 1 aromatic heterocycles. The second-order valence-electron chi connectivity index (χ2n) is 7.08. The minimum absolute atomic E-state index is 0.163. The van der Waals surface area contributed by atoms with Crippen LogP contribution in [0.25, 0.3) is 27.5 Å². The van der Waals surface area contributed by atoms with Gasteiger partial charge in [0.25, 0.3) is 5.91 Å². The van der Waals surface area contributed by atoms with Gasteiger partial charge in [-0.3, -0.25) is 10.1 Å². The number of amides is 1. The number of carbonyl (C=O) groups is 1. The lowest BCUT2D eigenvalue weighted by Gasteiger charge is -2.10. The first-order valence-electron chi connectivity index (χ1n) is 9.80. The summed E-state index contributed by atoms with van der Waals surface area (Å²) >= 11 is 11.4. The van der Waals surface area contributed by atoms with Gasteiger partial charge in [-0.1, -0.05) is 60.1 Å². The zero-order valence-electron chi connectivity index (χ0n) is 16.6. The van der Waals surface area contributed by atoms with Crippen molar-refractivity contribution < 1.29 is 4.79 Å². The van der Waals surface area contributed by atoms with Gasteiger partial charge in [-0.15, -0.1) is 15.0 Å². The van der Waals surface area contributed by atoms with Crippen LogP contribution in [-0.4, -0.2) is 26.0 Å². The summed E-state index contributed by atoms with van der Waals surface area (Å²) in [5.41, 5.74) is 3.38. The largest absolute Gasteiger partial charge is 0.332 e. The van der Waals surface area contributed by atoms with Crippen molar-refractivity contribution in [3.05, 3.63) is 95.5 Å². The van der Waals surface area contributed by atoms with E-state index in [2.05, 4.69) is 33.0 Å². The molecule has 5 aromatic rings. The first-order chi connectivity index (χ1) is 15.6. The number of nitrogens with zero attached hydrogens (tertiary/aromatic N) is 3. The molecule has 0 bridgehead atoms. The van der Waals surface area contributed by atoms with Crippen molar-refractivity contribution in [2.45, 2.75) is 0 Å². The second kappa shape index (κ2) is 8.37. The van der Waals surface area contributed by atoms with Crippen LogP contribution in [-0.2, 0) is 0 Å². The number of nitrogens with one attached hydrogen (secondary N) is 2. The Bertz CT molecular complexity index is 1490. The molecule has 0 saturated heterocycles. The number of carbonyl (C=O) groups excluding carboxylic acids is 1. The van der Waals surface area contributed by atoms with Crippen molar-refractivity contribution >= 4 is 62.3 Å². The first kappa shape index (κ1) is 20.1. The zero-order valence-corrected chi connectivity index (χ0v) is 18.2. The number of hydrogen-bond donors (Lipinski definition) is 2. The second-order valence-corrected chi connectivity index (χ2v) is 7.89. The van der Waals surface area contributed by atoms with E-state index in [1.807, 2.05) is 48.5 Å². The van der Waals surface area contributed by atoms with Gasteiger partial charge in [0, 0.05) is 11.1 Å². The smallest absolute Gasteiger partial charge is 0.258 e. The highest BCUT2D eigenvalue weighted by atomic mass is 35.5. The summed E-state index contributed by atoms with van der Waals surface area (Å²) in [5.74, 6) is -0.379. The Kier molecular flexibility index (Phi) is 5.26. The van der Waals surface area contributed by atoms with Crippen LogP contribution < -0.4 is 10.6 Å². The number of thiocarbonyl (C=S) groups is 1. The van der Waals surface area contributed by atoms with Crippen LogP contribution >= 0.6 is 23.8 Å². The molecular weight excluding hydrogens is 442 g/mol. The van der Waals surface area contributed by atoms with Gasteiger partial charge in [0.2, 0.25) is 0 Å². The number of halogens is 1. The van der Waals surface area contributed by atoms with E-state index in [1.54, 1.807) is 29.1 Å². The number of anilines is 1. The average molecular weight is 458 g/mol. The molecule has 0 fully saturated rings. The Morgan fingerprint density at radius 2 is 1.62 bits per heavy atom. The molecule has 1 amide bonds. The molecule has 0 saturated carbocycles. The quantitative estimate of drug-likeness (QED) is 0.357. The lowest BCUT2D eigenvalue weighted by atomic mass is 10.1. The van der Waals surface area contributed by atoms with Crippen LogP contribution in [0.4, 0.5) is 5.69 Å². The van der Waals surface area contributed by atoms with Crippen LogP contribution in [0.1, 0.15) is 10.4 Å². The molecule has 0 aliphatic rings. The molecule has 0 spiro atoms. The molecule has 2 N–H and O–H groups in total. The molecule has 0 atom stereocenters. The molecule has 32 heavy (non-hydrogen) atoms. The van der Waals surface area contributed by atoms with E-state index in [9.17, 15) is 4.79 Å². The predicted molar refractivity (Wildman–Crippen MR) is 132 cm³/mol. The minimum Gasteiger partial charge on any atom is -0.332 e. The monoisotopic (exact) mass is 457 g/mol. The third kappa shape index (κ3) is 3.91. The van der Waals surface area contributed by atoms with E-state index in [-0.39, 0.29) is 11.0 Å². The molecule has 5 rings (SSSR count). The maximum atomic E-state index is 12.4. The molecule has 4 aromatic carbocycles. The average Bonchev–Trinajstić information content (AvgIpc) is 3.22. The van der Waals surface area contributed by atoms with Gasteiger partial charge in [-0.05, 0) is 54.0 Å². The maximum Gasteiger partial charge on any atom is 0.258 e. The van der Waals surface area contributed by atoms with Crippen molar-refractivity contribution in [2.75, 3.05) is 5.32 Å². The fraction of sp³-hybridized carbons (Fsp3) is 0. The van der Waals surface area contributed by atoms with Crippen LogP contribution in [0, 0.1) is 0 Å². The predicted octanol–water partition coefficient (Wildman–Crippen LogP) is 5.35. The van der Waals surface area contributed by atoms with E-state index < -0.39 is 0 Å². The Balaban J connectivity index is 1.38. The van der Waals surface area contributed by atoms with Gasteiger partial charge in [-0.2, -0.15) is 0 Å². The highest BCUT2D eigenvalue weighted by Gasteiger charge is 2.12. The highest BCUT2D eigenvalue weighted by Crippen LogP contribution is 2.23. The molecule has 6 nitrogen and oxygen atoms in total. The molecule has 0 radical (unpaired) electrons. The van der Waals surface area contributed by atoms with E-state index in [4.69, 9.17) is 23.8 Å². The summed E-state index contributed by atoms with van der Waals surface area (Å²) < 4.78 is 0. The Labute approximate surface area is 193 Å². The van der Waals surface area contributed by atoms with Crippen molar-refractivity contribution in [3.63, 3.8) is 0 Å². The van der Waals surface area contributed by atoms with Crippen LogP contribution in [0.2, 0.25) is 5.02 Å². The summed E-state index contributed by atoms with van der Waals surface area (Å²) in [7, 11) is 0. The minimum atomic E-state index is -0.379. The Morgan fingerprint density at radius 3 is 2.50 bits per heavy atom. The van der Waals surface area contributed by atoms with Crippen LogP contribution in [0.15, 0.2) is 84.9 Å². The van der Waals surface area contributed by atoms with E-state index >= 15 is 0 Å². The first-order valence-corrected chi connectivity index (χ1v) is 10.6. The fourth-order valence-electron chi connectivity index (χ4n) is 3.46. The molecular formula is C24H16ClN5OS. The lowest BCUT2D eigenvalue weighted by Crippen LogP contribution is -2.34. The standard InChI is InChI=1S/C24H16ClN5OS/c25-19-10-4-3-9-18(19)23(31)27-24(32)26-16-12-13-20-21(14-16)29-30(28-20)22-11-5-7-15-6-1-2-8-17(15)22/h1-14H,(H2,26,27,31,32). The van der Waals surface area contributed by atoms with Gasteiger partial charge >= 0.3 is 0 Å². The van der Waals surface area contributed by atoms with Crippen molar-refractivity contribution in [2.24, 2.45) is 0 Å². The van der Waals surface area contributed by atoms with Crippen LogP contribution in [0.3, 0.4) is 0 Å². The van der Waals surface area contributed by atoms with Crippen molar-refractivity contribution in [3.8, 4) is 5.69 Å². The lowest BCUT2D eigenvalue weighted by molar-refractivity contribution is 0.0978. The number of aromatic nitrogens is 3. The van der Waals surface area contributed by atoms with E-state index in [0.717, 1.165) is 22.0 Å². The van der Waals surface area contributed by atoms with Gasteiger partial charge < -0.3 is 5.32 Å². The van der Waals surface area contributed by atoms with Gasteiger partial charge in [0.1, 0.15) is 11.0 Å². The summed E-state index contributed by atoms with van der Waals surface area (Å²) in [6.07, 6.45) is 0. The molecule has 0 unspecified atom stereocenters.